The number of carbonyl (C=O) groups is 1. The molecular formula is C17H20O2. The Morgan fingerprint density at radius 2 is 1.79 bits per heavy atom. The van der Waals surface area contributed by atoms with Gasteiger partial charge in [-0.1, -0.05) is 73.4 Å². The summed E-state index contributed by atoms with van der Waals surface area (Å²) in [6, 6.07) is 10.2. The fourth-order valence-electron chi connectivity index (χ4n) is 0.997. The maximum Gasteiger partial charge on any atom is 0.330 e. The molecule has 0 aliphatic rings. The van der Waals surface area contributed by atoms with Crippen LogP contribution in [-0.2, 0) is 4.79 Å². The summed E-state index contributed by atoms with van der Waals surface area (Å²) in [4.78, 5) is 9.86. The van der Waals surface area contributed by atoms with Gasteiger partial charge in [-0.05, 0) is 19.4 Å². The van der Waals surface area contributed by atoms with Gasteiger partial charge in [0.2, 0.25) is 0 Å². The molecular weight excluding hydrogens is 236 g/mol. The highest BCUT2D eigenvalue weighted by Crippen LogP contribution is 2.00. The third-order valence-corrected chi connectivity index (χ3v) is 2.22. The Morgan fingerprint density at radius 3 is 2.21 bits per heavy atom. The molecule has 0 unspecified atom stereocenters. The van der Waals surface area contributed by atoms with E-state index in [0.717, 1.165) is 0 Å². The van der Waals surface area contributed by atoms with Crippen molar-refractivity contribution in [2.45, 2.75) is 13.8 Å². The Hall–Kier alpha value is -2.35. The molecule has 1 aromatic carbocycles. The number of aliphatic carboxylic acids is 1. The summed E-state index contributed by atoms with van der Waals surface area (Å²) >= 11 is 0. The SMILES string of the molecule is C=CC=CC=Cc1ccccc1.CC=C(C)C(=O)O. The molecule has 0 atom stereocenters. The lowest BCUT2D eigenvalue weighted by atomic mass is 10.2. The van der Waals surface area contributed by atoms with Crippen molar-refractivity contribution in [3.8, 4) is 0 Å². The minimum Gasteiger partial charge on any atom is -0.478 e. The monoisotopic (exact) mass is 256 g/mol. The Bertz CT molecular complexity index is 465. The van der Waals surface area contributed by atoms with E-state index in [1.165, 1.54) is 5.56 Å². The van der Waals surface area contributed by atoms with Crippen LogP contribution in [0.4, 0.5) is 0 Å². The van der Waals surface area contributed by atoms with Crippen molar-refractivity contribution in [3.63, 3.8) is 0 Å². The van der Waals surface area contributed by atoms with Crippen molar-refractivity contribution in [2.24, 2.45) is 0 Å². The van der Waals surface area contributed by atoms with Crippen LogP contribution in [0.25, 0.3) is 6.08 Å². The van der Waals surface area contributed by atoms with Crippen molar-refractivity contribution in [3.05, 3.63) is 78.4 Å². The highest BCUT2D eigenvalue weighted by atomic mass is 16.4. The molecule has 0 saturated carbocycles. The highest BCUT2D eigenvalue weighted by Gasteiger charge is 1.93. The lowest BCUT2D eigenvalue weighted by Crippen LogP contribution is -1.93. The largest absolute Gasteiger partial charge is 0.478 e. The molecule has 0 aliphatic heterocycles. The molecule has 2 heteroatoms. The van der Waals surface area contributed by atoms with Gasteiger partial charge in [-0.2, -0.15) is 0 Å². The third kappa shape index (κ3) is 9.36. The first kappa shape index (κ1) is 16.6. The molecule has 0 amide bonds. The molecule has 0 heterocycles. The van der Waals surface area contributed by atoms with Gasteiger partial charge < -0.3 is 5.11 Å². The fourth-order valence-corrected chi connectivity index (χ4v) is 0.997. The van der Waals surface area contributed by atoms with Crippen LogP contribution in [0.2, 0.25) is 0 Å². The molecule has 0 spiro atoms. The lowest BCUT2D eigenvalue weighted by Gasteiger charge is -1.87. The molecule has 19 heavy (non-hydrogen) atoms. The van der Waals surface area contributed by atoms with E-state index < -0.39 is 5.97 Å². The van der Waals surface area contributed by atoms with Crippen LogP contribution in [0.1, 0.15) is 19.4 Å². The first-order valence-electron chi connectivity index (χ1n) is 5.98. The number of benzene rings is 1. The number of hydrogen-bond donors (Lipinski definition) is 1. The second-order valence-electron chi connectivity index (χ2n) is 3.67. The summed E-state index contributed by atoms with van der Waals surface area (Å²) in [6.45, 7) is 6.84. The predicted octanol–water partition coefficient (Wildman–Crippen LogP) is 4.48. The fraction of sp³-hybridized carbons (Fsp3) is 0.118. The van der Waals surface area contributed by atoms with Gasteiger partial charge in [-0.15, -0.1) is 0 Å². The first-order chi connectivity index (χ1) is 9.11. The smallest absolute Gasteiger partial charge is 0.330 e. The number of allylic oxidation sites excluding steroid dienone is 5. The van der Waals surface area contributed by atoms with Crippen LogP contribution in [-0.4, -0.2) is 11.1 Å². The van der Waals surface area contributed by atoms with Crippen LogP contribution in [0.15, 0.2) is 72.9 Å². The molecule has 0 aliphatic carbocycles. The quantitative estimate of drug-likeness (QED) is 0.637. The summed E-state index contributed by atoms with van der Waals surface area (Å²) in [5, 5.41) is 8.11. The molecule has 0 saturated heterocycles. The van der Waals surface area contributed by atoms with Crippen molar-refractivity contribution in [2.75, 3.05) is 0 Å². The van der Waals surface area contributed by atoms with Gasteiger partial charge in [0.05, 0.1) is 0 Å². The molecule has 0 aromatic heterocycles. The Balaban J connectivity index is 0.000000399. The van der Waals surface area contributed by atoms with Crippen LogP contribution < -0.4 is 0 Å². The molecule has 100 valence electrons. The zero-order valence-electron chi connectivity index (χ0n) is 11.4. The van der Waals surface area contributed by atoms with E-state index in [1.807, 2.05) is 36.4 Å². The van der Waals surface area contributed by atoms with E-state index in [0.29, 0.717) is 5.57 Å². The van der Waals surface area contributed by atoms with E-state index in [2.05, 4.69) is 24.8 Å². The molecule has 0 fully saturated rings. The average molecular weight is 256 g/mol. The number of carboxylic acids is 1. The van der Waals surface area contributed by atoms with Crippen LogP contribution in [0.5, 0.6) is 0 Å². The summed E-state index contributed by atoms with van der Waals surface area (Å²) in [7, 11) is 0. The van der Waals surface area contributed by atoms with E-state index in [1.54, 1.807) is 26.0 Å². The van der Waals surface area contributed by atoms with Gasteiger partial charge in [0.1, 0.15) is 0 Å². The molecule has 2 nitrogen and oxygen atoms in total. The Labute approximate surface area is 115 Å². The minimum atomic E-state index is -0.845. The standard InChI is InChI=1S/C12H12.C5H8O2/c1-2-3-4-6-9-12-10-7-5-8-11-12;1-3-4(2)5(6)7/h2-11H,1H2;3H,1-2H3,(H,6,7). The van der Waals surface area contributed by atoms with Crippen molar-refractivity contribution in [1.82, 2.24) is 0 Å². The van der Waals surface area contributed by atoms with E-state index in [4.69, 9.17) is 5.11 Å². The highest BCUT2D eigenvalue weighted by molar-refractivity contribution is 5.85. The molecule has 1 rings (SSSR count). The predicted molar refractivity (Wildman–Crippen MR) is 81.9 cm³/mol. The van der Waals surface area contributed by atoms with Gasteiger partial charge >= 0.3 is 5.97 Å². The van der Waals surface area contributed by atoms with Gasteiger partial charge in [0.15, 0.2) is 0 Å². The van der Waals surface area contributed by atoms with Crippen molar-refractivity contribution in [1.29, 1.82) is 0 Å². The molecule has 0 bridgehead atoms. The normalized spacial score (nSPS) is 11.2. The van der Waals surface area contributed by atoms with Crippen LogP contribution in [0.3, 0.4) is 0 Å². The summed E-state index contributed by atoms with van der Waals surface area (Å²) in [5.41, 5.74) is 1.60. The first-order valence-corrected chi connectivity index (χ1v) is 5.98. The van der Waals surface area contributed by atoms with Crippen molar-refractivity contribution < 1.29 is 9.90 Å². The maximum absolute atomic E-state index is 9.86. The average Bonchev–Trinajstić information content (AvgIpc) is 2.44. The van der Waals surface area contributed by atoms with E-state index in [-0.39, 0.29) is 0 Å². The second-order valence-corrected chi connectivity index (χ2v) is 3.67. The Morgan fingerprint density at radius 1 is 1.16 bits per heavy atom. The zero-order valence-corrected chi connectivity index (χ0v) is 11.4. The zero-order chi connectivity index (χ0) is 14.5. The van der Waals surface area contributed by atoms with Gasteiger partial charge in [-0.25, -0.2) is 4.79 Å². The van der Waals surface area contributed by atoms with Gasteiger partial charge in [0.25, 0.3) is 0 Å². The van der Waals surface area contributed by atoms with E-state index >= 15 is 0 Å². The minimum absolute atomic E-state index is 0.389. The lowest BCUT2D eigenvalue weighted by molar-refractivity contribution is -0.132. The summed E-state index contributed by atoms with van der Waals surface area (Å²) in [5.74, 6) is -0.845. The van der Waals surface area contributed by atoms with Crippen LogP contribution >= 0.6 is 0 Å². The van der Waals surface area contributed by atoms with Gasteiger partial charge in [0, 0.05) is 5.57 Å². The summed E-state index contributed by atoms with van der Waals surface area (Å²) in [6.07, 6.45) is 11.2. The molecule has 0 radical (unpaired) electrons. The Kier molecular flexibility index (Phi) is 9.45. The number of hydrogen-bond acceptors (Lipinski definition) is 1. The van der Waals surface area contributed by atoms with E-state index in [9.17, 15) is 4.79 Å². The van der Waals surface area contributed by atoms with Crippen molar-refractivity contribution >= 4 is 12.0 Å². The van der Waals surface area contributed by atoms with Gasteiger partial charge in [-0.3, -0.25) is 0 Å². The second kappa shape index (κ2) is 10.8. The van der Waals surface area contributed by atoms with Crippen LogP contribution in [0, 0.1) is 0 Å². The maximum atomic E-state index is 9.86. The number of rotatable bonds is 4. The summed E-state index contributed by atoms with van der Waals surface area (Å²) < 4.78 is 0. The third-order valence-electron chi connectivity index (χ3n) is 2.22. The topological polar surface area (TPSA) is 37.3 Å². The molecule has 1 aromatic rings. The number of carboxylic acid groups (broad SMARTS) is 1. The molecule has 1 N–H and O–H groups in total.